The SMILES string of the molecule is COC(=O)COc1ccc(S(=O)(=O)Nc2ccccc2OC)cc1. The molecule has 0 aliphatic heterocycles. The molecule has 0 spiro atoms. The van der Waals surface area contributed by atoms with Gasteiger partial charge in [-0.05, 0) is 36.4 Å². The van der Waals surface area contributed by atoms with Crippen LogP contribution in [0.2, 0.25) is 0 Å². The molecule has 0 saturated heterocycles. The highest BCUT2D eigenvalue weighted by atomic mass is 32.2. The Morgan fingerprint density at radius 3 is 2.33 bits per heavy atom. The Morgan fingerprint density at radius 2 is 1.71 bits per heavy atom. The molecule has 2 rings (SSSR count). The number of methoxy groups -OCH3 is 2. The van der Waals surface area contributed by atoms with Gasteiger partial charge in [-0.3, -0.25) is 4.72 Å². The van der Waals surface area contributed by atoms with Crippen LogP contribution in [0.4, 0.5) is 5.69 Å². The molecule has 0 amide bonds. The van der Waals surface area contributed by atoms with Gasteiger partial charge < -0.3 is 14.2 Å². The molecule has 0 atom stereocenters. The number of ether oxygens (including phenoxy) is 3. The minimum atomic E-state index is -3.78. The minimum absolute atomic E-state index is 0.0545. The molecule has 2 aromatic rings. The second kappa shape index (κ2) is 7.69. The van der Waals surface area contributed by atoms with E-state index in [1.807, 2.05) is 0 Å². The quantitative estimate of drug-likeness (QED) is 0.768. The average molecular weight is 351 g/mol. The molecule has 7 nitrogen and oxygen atoms in total. The van der Waals surface area contributed by atoms with Crippen LogP contribution in [0.1, 0.15) is 0 Å². The second-order valence-electron chi connectivity index (χ2n) is 4.64. The van der Waals surface area contributed by atoms with E-state index in [4.69, 9.17) is 9.47 Å². The van der Waals surface area contributed by atoms with Crippen LogP contribution >= 0.6 is 0 Å². The molecule has 2 aromatic carbocycles. The first-order valence-corrected chi connectivity index (χ1v) is 8.40. The van der Waals surface area contributed by atoms with Crippen LogP contribution in [0.3, 0.4) is 0 Å². The predicted molar refractivity (Wildman–Crippen MR) is 87.8 cm³/mol. The molecule has 0 fully saturated rings. The summed E-state index contributed by atoms with van der Waals surface area (Å²) in [4.78, 5) is 11.1. The fraction of sp³-hybridized carbons (Fsp3) is 0.188. The summed E-state index contributed by atoms with van der Waals surface area (Å²) in [5, 5.41) is 0. The molecule has 128 valence electrons. The van der Waals surface area contributed by atoms with E-state index in [9.17, 15) is 13.2 Å². The van der Waals surface area contributed by atoms with Gasteiger partial charge in [-0.15, -0.1) is 0 Å². The number of benzene rings is 2. The monoisotopic (exact) mass is 351 g/mol. The van der Waals surface area contributed by atoms with Gasteiger partial charge in [0.1, 0.15) is 11.5 Å². The predicted octanol–water partition coefficient (Wildman–Crippen LogP) is 2.05. The van der Waals surface area contributed by atoms with Gasteiger partial charge in [0.2, 0.25) is 0 Å². The average Bonchev–Trinajstić information content (AvgIpc) is 2.60. The largest absolute Gasteiger partial charge is 0.495 e. The molecule has 24 heavy (non-hydrogen) atoms. The number of anilines is 1. The molecular weight excluding hydrogens is 334 g/mol. The van der Waals surface area contributed by atoms with Crippen LogP contribution in [0.15, 0.2) is 53.4 Å². The van der Waals surface area contributed by atoms with E-state index in [1.165, 1.54) is 38.5 Å². The number of rotatable bonds is 7. The highest BCUT2D eigenvalue weighted by molar-refractivity contribution is 7.92. The summed E-state index contributed by atoms with van der Waals surface area (Å²) < 4.78 is 42.0. The highest BCUT2D eigenvalue weighted by Gasteiger charge is 2.16. The Kier molecular flexibility index (Phi) is 5.64. The number of para-hydroxylation sites is 2. The van der Waals surface area contributed by atoms with E-state index in [0.29, 0.717) is 17.2 Å². The minimum Gasteiger partial charge on any atom is -0.495 e. The Hall–Kier alpha value is -2.74. The molecule has 8 heteroatoms. The molecule has 0 bridgehead atoms. The van der Waals surface area contributed by atoms with Crippen LogP contribution in [0.5, 0.6) is 11.5 Å². The van der Waals surface area contributed by atoms with Crippen molar-refractivity contribution in [1.29, 1.82) is 0 Å². The number of hydrogen-bond acceptors (Lipinski definition) is 6. The zero-order valence-electron chi connectivity index (χ0n) is 13.2. The van der Waals surface area contributed by atoms with E-state index in [1.54, 1.807) is 24.3 Å². The van der Waals surface area contributed by atoms with Gasteiger partial charge in [-0.25, -0.2) is 13.2 Å². The maximum absolute atomic E-state index is 12.4. The Labute approximate surface area is 140 Å². The molecule has 0 radical (unpaired) electrons. The van der Waals surface area contributed by atoms with Crippen LogP contribution in [0, 0.1) is 0 Å². The van der Waals surface area contributed by atoms with Gasteiger partial charge in [0.25, 0.3) is 10.0 Å². The standard InChI is InChI=1S/C16H17NO6S/c1-21-15-6-4-3-5-14(15)17-24(19,20)13-9-7-12(8-10-13)23-11-16(18)22-2/h3-10,17H,11H2,1-2H3. The number of nitrogens with one attached hydrogen (secondary N) is 1. The van der Waals surface area contributed by atoms with Gasteiger partial charge >= 0.3 is 5.97 Å². The first-order chi connectivity index (χ1) is 11.5. The third-order valence-corrected chi connectivity index (χ3v) is 4.45. The molecule has 0 unspecified atom stereocenters. The zero-order chi connectivity index (χ0) is 17.6. The second-order valence-corrected chi connectivity index (χ2v) is 6.32. The summed E-state index contributed by atoms with van der Waals surface area (Å²) in [6, 6.07) is 12.4. The maximum Gasteiger partial charge on any atom is 0.343 e. The number of carbonyl (C=O) groups excluding carboxylic acids is 1. The fourth-order valence-corrected chi connectivity index (χ4v) is 2.92. The highest BCUT2D eigenvalue weighted by Crippen LogP contribution is 2.26. The molecule has 0 aliphatic carbocycles. The van der Waals surface area contributed by atoms with Crippen LogP contribution in [-0.4, -0.2) is 35.2 Å². The molecule has 1 N–H and O–H groups in total. The lowest BCUT2D eigenvalue weighted by Gasteiger charge is -2.12. The van der Waals surface area contributed by atoms with Gasteiger partial charge in [-0.2, -0.15) is 0 Å². The van der Waals surface area contributed by atoms with Crippen LogP contribution in [-0.2, 0) is 19.6 Å². The van der Waals surface area contributed by atoms with Crippen molar-refractivity contribution in [3.63, 3.8) is 0 Å². The van der Waals surface area contributed by atoms with Crippen molar-refractivity contribution < 1.29 is 27.4 Å². The Balaban J connectivity index is 2.13. The summed E-state index contributed by atoms with van der Waals surface area (Å²) in [5.41, 5.74) is 0.339. The summed E-state index contributed by atoms with van der Waals surface area (Å²) in [7, 11) is -1.06. The van der Waals surface area contributed by atoms with Crippen molar-refractivity contribution in [2.75, 3.05) is 25.5 Å². The van der Waals surface area contributed by atoms with Gasteiger partial charge in [-0.1, -0.05) is 12.1 Å². The summed E-state index contributed by atoms with van der Waals surface area (Å²) in [6.07, 6.45) is 0. The molecule has 0 aliphatic rings. The molecule has 0 aromatic heterocycles. The maximum atomic E-state index is 12.4. The topological polar surface area (TPSA) is 90.9 Å². The lowest BCUT2D eigenvalue weighted by Crippen LogP contribution is -2.14. The van der Waals surface area contributed by atoms with Crippen molar-refractivity contribution in [3.8, 4) is 11.5 Å². The first kappa shape index (κ1) is 17.6. The molecule has 0 heterocycles. The number of esters is 1. The normalized spacial score (nSPS) is 10.8. The van der Waals surface area contributed by atoms with E-state index in [2.05, 4.69) is 9.46 Å². The van der Waals surface area contributed by atoms with Crippen LogP contribution < -0.4 is 14.2 Å². The smallest absolute Gasteiger partial charge is 0.343 e. The Morgan fingerprint density at radius 1 is 1.04 bits per heavy atom. The van der Waals surface area contributed by atoms with Gasteiger partial charge in [0.05, 0.1) is 24.8 Å². The third kappa shape index (κ3) is 4.39. The van der Waals surface area contributed by atoms with Crippen molar-refractivity contribution in [2.45, 2.75) is 4.90 Å². The lowest BCUT2D eigenvalue weighted by atomic mass is 10.3. The summed E-state index contributed by atoms with van der Waals surface area (Å²) in [5.74, 6) is 0.250. The zero-order valence-corrected chi connectivity index (χ0v) is 14.0. The number of carbonyl (C=O) groups is 1. The number of hydrogen-bond donors (Lipinski definition) is 1. The van der Waals surface area contributed by atoms with Crippen LogP contribution in [0.25, 0.3) is 0 Å². The molecule has 0 saturated carbocycles. The fourth-order valence-electron chi connectivity index (χ4n) is 1.85. The van der Waals surface area contributed by atoms with Gasteiger partial charge in [0, 0.05) is 0 Å². The van der Waals surface area contributed by atoms with Crippen molar-refractivity contribution in [1.82, 2.24) is 0 Å². The first-order valence-electron chi connectivity index (χ1n) is 6.92. The molecular formula is C16H17NO6S. The Bertz CT molecular complexity index is 802. The van der Waals surface area contributed by atoms with Crippen molar-refractivity contribution in [3.05, 3.63) is 48.5 Å². The van der Waals surface area contributed by atoms with E-state index >= 15 is 0 Å². The lowest BCUT2D eigenvalue weighted by molar-refractivity contribution is -0.142. The number of sulfonamides is 1. The summed E-state index contributed by atoms with van der Waals surface area (Å²) >= 11 is 0. The van der Waals surface area contributed by atoms with E-state index < -0.39 is 16.0 Å². The van der Waals surface area contributed by atoms with Crippen molar-refractivity contribution >= 4 is 21.7 Å². The van der Waals surface area contributed by atoms with E-state index in [-0.39, 0.29) is 11.5 Å². The van der Waals surface area contributed by atoms with Gasteiger partial charge in [0.15, 0.2) is 6.61 Å². The summed E-state index contributed by atoms with van der Waals surface area (Å²) in [6.45, 7) is -0.248. The van der Waals surface area contributed by atoms with Crippen molar-refractivity contribution in [2.24, 2.45) is 0 Å². The third-order valence-electron chi connectivity index (χ3n) is 3.07. The van der Waals surface area contributed by atoms with E-state index in [0.717, 1.165) is 0 Å².